The average Bonchev–Trinajstić information content (AvgIpc) is 2.75. The number of hydrogen-bond acceptors (Lipinski definition) is 6. The van der Waals surface area contributed by atoms with Crippen molar-refractivity contribution in [1.82, 2.24) is 5.32 Å². The number of carbonyl (C=O) groups is 1. The molecule has 6 nitrogen and oxygen atoms in total. The van der Waals surface area contributed by atoms with E-state index in [2.05, 4.69) is 5.32 Å². The third-order valence-corrected chi connectivity index (χ3v) is 5.71. The molecule has 0 heterocycles. The molecule has 1 N–H and O–H groups in total. The second kappa shape index (κ2) is 9.97. The van der Waals surface area contributed by atoms with Crippen molar-refractivity contribution in [3.63, 3.8) is 0 Å². The van der Waals surface area contributed by atoms with Crippen LogP contribution in [-0.2, 0) is 26.2 Å². The first kappa shape index (κ1) is 23.5. The van der Waals surface area contributed by atoms with Crippen molar-refractivity contribution in [2.75, 3.05) is 0 Å². The van der Waals surface area contributed by atoms with E-state index < -0.39 is 27.7 Å². The Balaban J connectivity index is 1.79. The van der Waals surface area contributed by atoms with E-state index in [4.69, 9.17) is 8.92 Å². The summed E-state index contributed by atoms with van der Waals surface area (Å²) in [6, 6.07) is 23.3. The Morgan fingerprint density at radius 3 is 2.00 bits per heavy atom. The topological polar surface area (TPSA) is 81.7 Å². The normalized spacial score (nSPS) is 12.7. The molecule has 3 aromatic rings. The van der Waals surface area contributed by atoms with Gasteiger partial charge in [-0.05, 0) is 56.2 Å². The van der Waals surface area contributed by atoms with Crippen LogP contribution in [0.5, 0.6) is 5.75 Å². The molecule has 0 spiro atoms. The summed E-state index contributed by atoms with van der Waals surface area (Å²) in [4.78, 5) is 12.9. The van der Waals surface area contributed by atoms with Crippen LogP contribution in [0.15, 0.2) is 89.8 Å². The van der Waals surface area contributed by atoms with E-state index in [1.165, 1.54) is 24.3 Å². The molecule has 3 rings (SSSR count). The Hall–Kier alpha value is -3.16. The van der Waals surface area contributed by atoms with Crippen LogP contribution in [0.1, 0.15) is 37.9 Å². The van der Waals surface area contributed by atoms with Gasteiger partial charge in [-0.2, -0.15) is 8.42 Å². The standard InChI is InChI=1S/C25H27NO5S/c1-25(2,3)30-24(27)23(26-18-19-10-6-4-7-11-19)20-14-16-21(17-15-20)31-32(28,29)22-12-8-5-9-13-22/h4-17,23,26H,18H2,1-3H3. The van der Waals surface area contributed by atoms with Gasteiger partial charge in [0.25, 0.3) is 0 Å². The van der Waals surface area contributed by atoms with Gasteiger partial charge in [0, 0.05) is 6.54 Å². The summed E-state index contributed by atoms with van der Waals surface area (Å²) in [6.07, 6.45) is 0. The second-order valence-electron chi connectivity index (χ2n) is 8.25. The minimum absolute atomic E-state index is 0.0697. The number of benzene rings is 3. The molecule has 32 heavy (non-hydrogen) atoms. The number of rotatable bonds is 8. The molecular formula is C25H27NO5S. The Kier molecular flexibility index (Phi) is 7.33. The van der Waals surface area contributed by atoms with Crippen molar-refractivity contribution in [3.05, 3.63) is 96.1 Å². The Morgan fingerprint density at radius 2 is 1.44 bits per heavy atom. The van der Waals surface area contributed by atoms with E-state index in [0.717, 1.165) is 5.56 Å². The predicted molar refractivity (Wildman–Crippen MR) is 123 cm³/mol. The molecule has 0 saturated heterocycles. The molecule has 0 saturated carbocycles. The zero-order valence-corrected chi connectivity index (χ0v) is 19.1. The summed E-state index contributed by atoms with van der Waals surface area (Å²) in [7, 11) is -3.94. The molecule has 0 radical (unpaired) electrons. The van der Waals surface area contributed by atoms with Crippen molar-refractivity contribution in [2.45, 2.75) is 43.9 Å². The molecule has 0 aliphatic heterocycles. The maximum Gasteiger partial charge on any atom is 0.339 e. The lowest BCUT2D eigenvalue weighted by Gasteiger charge is -2.25. The SMILES string of the molecule is CC(C)(C)OC(=O)C(NCc1ccccc1)c1ccc(OS(=O)(=O)c2ccccc2)cc1. The zero-order valence-electron chi connectivity index (χ0n) is 18.3. The highest BCUT2D eigenvalue weighted by molar-refractivity contribution is 7.87. The monoisotopic (exact) mass is 453 g/mol. The van der Waals surface area contributed by atoms with Crippen molar-refractivity contribution in [2.24, 2.45) is 0 Å². The Morgan fingerprint density at radius 1 is 0.875 bits per heavy atom. The maximum atomic E-state index is 12.9. The summed E-state index contributed by atoms with van der Waals surface area (Å²) in [6.45, 7) is 5.89. The van der Waals surface area contributed by atoms with Crippen LogP contribution in [-0.4, -0.2) is 20.0 Å². The summed E-state index contributed by atoms with van der Waals surface area (Å²) < 4.78 is 35.7. The molecule has 0 bridgehead atoms. The van der Waals surface area contributed by atoms with Gasteiger partial charge in [0.05, 0.1) is 0 Å². The van der Waals surface area contributed by atoms with E-state index in [1.807, 2.05) is 51.1 Å². The summed E-state index contributed by atoms with van der Waals surface area (Å²) in [5.41, 5.74) is 1.02. The highest BCUT2D eigenvalue weighted by atomic mass is 32.2. The molecule has 1 unspecified atom stereocenters. The fourth-order valence-electron chi connectivity index (χ4n) is 2.99. The summed E-state index contributed by atoms with van der Waals surface area (Å²) in [5.74, 6) is -0.261. The number of hydrogen-bond donors (Lipinski definition) is 1. The van der Waals surface area contributed by atoms with E-state index in [0.29, 0.717) is 12.1 Å². The number of nitrogens with one attached hydrogen (secondary N) is 1. The minimum Gasteiger partial charge on any atom is -0.459 e. The first-order valence-corrected chi connectivity index (χ1v) is 11.6. The van der Waals surface area contributed by atoms with Crippen LogP contribution in [0.3, 0.4) is 0 Å². The Labute approximate surface area is 189 Å². The lowest BCUT2D eigenvalue weighted by Crippen LogP contribution is -2.34. The first-order chi connectivity index (χ1) is 15.1. The summed E-state index contributed by atoms with van der Waals surface area (Å²) in [5, 5.41) is 3.23. The number of ether oxygens (including phenoxy) is 1. The first-order valence-electron chi connectivity index (χ1n) is 10.2. The fourth-order valence-corrected chi connectivity index (χ4v) is 3.94. The van der Waals surface area contributed by atoms with Crippen LogP contribution in [0.2, 0.25) is 0 Å². The average molecular weight is 454 g/mol. The van der Waals surface area contributed by atoms with Crippen LogP contribution in [0.4, 0.5) is 0 Å². The predicted octanol–water partition coefficient (Wildman–Crippen LogP) is 4.63. The Bertz CT molecular complexity index is 1120. The van der Waals surface area contributed by atoms with E-state index in [9.17, 15) is 13.2 Å². The van der Waals surface area contributed by atoms with E-state index >= 15 is 0 Å². The van der Waals surface area contributed by atoms with E-state index in [1.54, 1.807) is 30.3 Å². The molecule has 1 atom stereocenters. The van der Waals surface area contributed by atoms with Crippen LogP contribution in [0.25, 0.3) is 0 Å². The van der Waals surface area contributed by atoms with Crippen LogP contribution in [0, 0.1) is 0 Å². The van der Waals surface area contributed by atoms with Crippen LogP contribution >= 0.6 is 0 Å². The zero-order chi connectivity index (χ0) is 23.2. The fraction of sp³-hybridized carbons (Fsp3) is 0.240. The molecule has 0 aliphatic rings. The molecule has 7 heteroatoms. The van der Waals surface area contributed by atoms with Gasteiger partial charge < -0.3 is 8.92 Å². The number of carbonyl (C=O) groups excluding carboxylic acids is 1. The van der Waals surface area contributed by atoms with Gasteiger partial charge in [-0.15, -0.1) is 0 Å². The minimum atomic E-state index is -3.94. The van der Waals surface area contributed by atoms with Crippen molar-refractivity contribution in [3.8, 4) is 5.75 Å². The summed E-state index contributed by atoms with van der Waals surface area (Å²) >= 11 is 0. The van der Waals surface area contributed by atoms with Crippen molar-refractivity contribution >= 4 is 16.1 Å². The lowest BCUT2D eigenvalue weighted by molar-refractivity contribution is -0.157. The number of esters is 1. The van der Waals surface area contributed by atoms with Gasteiger partial charge in [-0.3, -0.25) is 5.32 Å². The largest absolute Gasteiger partial charge is 0.459 e. The lowest BCUT2D eigenvalue weighted by atomic mass is 10.1. The van der Waals surface area contributed by atoms with Crippen LogP contribution < -0.4 is 9.50 Å². The molecule has 0 amide bonds. The highest BCUT2D eigenvalue weighted by Crippen LogP contribution is 2.24. The maximum absolute atomic E-state index is 12.9. The van der Waals surface area contributed by atoms with Gasteiger partial charge >= 0.3 is 16.1 Å². The highest BCUT2D eigenvalue weighted by Gasteiger charge is 2.26. The molecule has 0 aromatic heterocycles. The second-order valence-corrected chi connectivity index (χ2v) is 9.80. The van der Waals surface area contributed by atoms with Gasteiger partial charge in [0.1, 0.15) is 22.3 Å². The third-order valence-electron chi connectivity index (χ3n) is 4.45. The van der Waals surface area contributed by atoms with Gasteiger partial charge in [-0.25, -0.2) is 4.79 Å². The van der Waals surface area contributed by atoms with Crippen molar-refractivity contribution in [1.29, 1.82) is 0 Å². The molecule has 0 fully saturated rings. The van der Waals surface area contributed by atoms with Gasteiger partial charge in [-0.1, -0.05) is 60.7 Å². The molecule has 0 aliphatic carbocycles. The smallest absolute Gasteiger partial charge is 0.339 e. The van der Waals surface area contributed by atoms with Gasteiger partial charge in [0.2, 0.25) is 0 Å². The molecular weight excluding hydrogens is 426 g/mol. The molecule has 168 valence electrons. The van der Waals surface area contributed by atoms with Crippen molar-refractivity contribution < 1.29 is 22.1 Å². The third kappa shape index (κ3) is 6.67. The van der Waals surface area contributed by atoms with E-state index in [-0.39, 0.29) is 10.6 Å². The van der Waals surface area contributed by atoms with Gasteiger partial charge in [0.15, 0.2) is 0 Å². The molecule has 3 aromatic carbocycles. The quantitative estimate of drug-likeness (QED) is 0.396.